The van der Waals surface area contributed by atoms with Gasteiger partial charge in [0.15, 0.2) is 11.5 Å². The molecule has 3 aromatic rings. The fourth-order valence-corrected chi connectivity index (χ4v) is 3.60. The van der Waals surface area contributed by atoms with Gasteiger partial charge in [-0.05, 0) is 37.0 Å². The van der Waals surface area contributed by atoms with Crippen molar-refractivity contribution in [1.82, 2.24) is 30.0 Å². The average Bonchev–Trinajstić information content (AvgIpc) is 3.15. The molecule has 1 unspecified atom stereocenters. The number of halogens is 6. The molecule has 3 heterocycles. The van der Waals surface area contributed by atoms with E-state index in [1.165, 1.54) is 19.3 Å². The number of carbonyl (C=O) groups excluding carboxylic acids is 1. The first-order valence-electron chi connectivity index (χ1n) is 9.75. The lowest BCUT2D eigenvalue weighted by atomic mass is 9.92. The largest absolute Gasteiger partial charge is 0.435 e. The number of nitrogens with zero attached hydrogens (tertiary/aromatic N) is 5. The Morgan fingerprint density at radius 1 is 1.09 bits per heavy atom. The number of carbonyl (C=O) groups is 1. The second-order valence-electron chi connectivity index (χ2n) is 7.49. The van der Waals surface area contributed by atoms with E-state index >= 15 is 0 Å². The van der Waals surface area contributed by atoms with Crippen molar-refractivity contribution < 1.29 is 31.1 Å². The zero-order valence-electron chi connectivity index (χ0n) is 17.0. The maximum atomic E-state index is 13.0. The fraction of sp³-hybridized carbons (Fsp3) is 0.350. The van der Waals surface area contributed by atoms with Gasteiger partial charge < -0.3 is 5.32 Å². The van der Waals surface area contributed by atoms with Crippen molar-refractivity contribution in [2.75, 3.05) is 0 Å². The summed E-state index contributed by atoms with van der Waals surface area (Å²) >= 11 is 0. The van der Waals surface area contributed by atoms with Crippen molar-refractivity contribution in [3.8, 4) is 11.4 Å². The quantitative estimate of drug-likeness (QED) is 0.583. The van der Waals surface area contributed by atoms with Crippen LogP contribution in [-0.4, -0.2) is 30.6 Å². The highest BCUT2D eigenvalue weighted by molar-refractivity contribution is 5.93. The highest BCUT2D eigenvalue weighted by atomic mass is 19.4. The van der Waals surface area contributed by atoms with E-state index in [4.69, 9.17) is 0 Å². The van der Waals surface area contributed by atoms with E-state index in [2.05, 4.69) is 25.4 Å². The van der Waals surface area contributed by atoms with Crippen molar-refractivity contribution in [2.24, 2.45) is 7.05 Å². The maximum absolute atomic E-state index is 13.0. The van der Waals surface area contributed by atoms with Crippen LogP contribution in [0.15, 0.2) is 30.6 Å². The highest BCUT2D eigenvalue weighted by Crippen LogP contribution is 2.33. The van der Waals surface area contributed by atoms with Crippen molar-refractivity contribution >= 4 is 5.91 Å². The molecule has 1 amide bonds. The topological polar surface area (TPSA) is 85.6 Å². The summed E-state index contributed by atoms with van der Waals surface area (Å²) in [6.07, 6.45) is -5.15. The SMILES string of the molecule is Cn1nc(C(F)(F)F)cc1C(=O)NC1CCCc2cnc(-c3ccnc(C(F)(F)F)c3)nc21. The minimum absolute atomic E-state index is 0.0164. The Morgan fingerprint density at radius 3 is 2.48 bits per heavy atom. The van der Waals surface area contributed by atoms with Gasteiger partial charge in [-0.1, -0.05) is 0 Å². The number of amides is 1. The standard InChI is InChI=1S/C20H16F6N6O/c1-32-13(8-15(31-32)20(24,25)26)18(33)29-12-4-2-3-11-9-28-17(30-16(11)12)10-5-6-27-14(7-10)19(21,22)23/h5-9,12H,2-4H2,1H3,(H,29,33). The van der Waals surface area contributed by atoms with Crippen LogP contribution in [0.2, 0.25) is 0 Å². The van der Waals surface area contributed by atoms with Crippen LogP contribution in [0.4, 0.5) is 26.3 Å². The molecular formula is C20H16F6N6O. The summed E-state index contributed by atoms with van der Waals surface area (Å²) in [6, 6.07) is 2.16. The molecule has 0 spiro atoms. The monoisotopic (exact) mass is 470 g/mol. The second kappa shape index (κ2) is 8.12. The molecule has 0 aliphatic heterocycles. The molecule has 7 nitrogen and oxygen atoms in total. The Labute approximate surface area is 182 Å². The third kappa shape index (κ3) is 4.66. The van der Waals surface area contributed by atoms with E-state index in [-0.39, 0.29) is 17.1 Å². The van der Waals surface area contributed by atoms with Crippen LogP contribution in [0.1, 0.15) is 52.0 Å². The average molecular weight is 470 g/mol. The van der Waals surface area contributed by atoms with E-state index in [1.807, 2.05) is 0 Å². The smallest absolute Gasteiger partial charge is 0.342 e. The minimum atomic E-state index is -4.70. The number of fused-ring (bicyclic) bond motifs is 1. The zero-order valence-corrected chi connectivity index (χ0v) is 17.0. The first kappa shape index (κ1) is 22.7. The van der Waals surface area contributed by atoms with E-state index in [0.717, 1.165) is 16.9 Å². The van der Waals surface area contributed by atoms with Crippen LogP contribution in [-0.2, 0) is 25.8 Å². The molecule has 174 valence electrons. The summed E-state index contributed by atoms with van der Waals surface area (Å²) in [5.41, 5.74) is -1.38. The van der Waals surface area contributed by atoms with Crippen LogP contribution in [0.5, 0.6) is 0 Å². The third-order valence-electron chi connectivity index (χ3n) is 5.18. The van der Waals surface area contributed by atoms with Crippen LogP contribution in [0, 0.1) is 0 Å². The number of aryl methyl sites for hydroxylation is 2. The van der Waals surface area contributed by atoms with Gasteiger partial charge in [0.2, 0.25) is 0 Å². The molecule has 0 bridgehead atoms. The van der Waals surface area contributed by atoms with Gasteiger partial charge >= 0.3 is 12.4 Å². The molecule has 1 aliphatic carbocycles. The Hall–Kier alpha value is -3.51. The van der Waals surface area contributed by atoms with Gasteiger partial charge in [0.25, 0.3) is 5.91 Å². The summed E-state index contributed by atoms with van der Waals surface area (Å²) < 4.78 is 78.6. The Kier molecular flexibility index (Phi) is 5.58. The first-order chi connectivity index (χ1) is 15.4. The van der Waals surface area contributed by atoms with Gasteiger partial charge in [0, 0.05) is 31.1 Å². The van der Waals surface area contributed by atoms with Gasteiger partial charge in [-0.3, -0.25) is 14.5 Å². The first-order valence-corrected chi connectivity index (χ1v) is 9.75. The number of nitrogens with one attached hydrogen (secondary N) is 1. The summed E-state index contributed by atoms with van der Waals surface area (Å²) in [5.74, 6) is -0.760. The Bertz CT molecular complexity index is 1200. The number of alkyl halides is 6. The molecule has 0 radical (unpaired) electrons. The molecule has 0 aromatic carbocycles. The number of rotatable bonds is 3. The molecular weight excluding hydrogens is 454 g/mol. The van der Waals surface area contributed by atoms with Crippen LogP contribution >= 0.6 is 0 Å². The summed E-state index contributed by atoms with van der Waals surface area (Å²) in [7, 11) is 1.22. The number of aromatic nitrogens is 5. The van der Waals surface area contributed by atoms with E-state index in [0.29, 0.717) is 36.6 Å². The zero-order chi connectivity index (χ0) is 24.0. The van der Waals surface area contributed by atoms with Gasteiger partial charge in [-0.15, -0.1) is 0 Å². The van der Waals surface area contributed by atoms with E-state index in [1.54, 1.807) is 0 Å². The summed E-state index contributed by atoms with van der Waals surface area (Å²) in [4.78, 5) is 24.5. The summed E-state index contributed by atoms with van der Waals surface area (Å²) in [6.45, 7) is 0. The molecule has 1 N–H and O–H groups in total. The predicted octanol–water partition coefficient (Wildman–Crippen LogP) is 4.12. The molecule has 33 heavy (non-hydrogen) atoms. The minimum Gasteiger partial charge on any atom is -0.342 e. The molecule has 0 saturated heterocycles. The molecule has 1 atom stereocenters. The maximum Gasteiger partial charge on any atom is 0.435 e. The van der Waals surface area contributed by atoms with Gasteiger partial charge in [-0.25, -0.2) is 9.97 Å². The molecule has 13 heteroatoms. The molecule has 0 saturated carbocycles. The highest BCUT2D eigenvalue weighted by Gasteiger charge is 2.36. The molecule has 4 rings (SSSR count). The van der Waals surface area contributed by atoms with Crippen molar-refractivity contribution in [1.29, 1.82) is 0 Å². The second-order valence-corrected chi connectivity index (χ2v) is 7.49. The van der Waals surface area contributed by atoms with Gasteiger partial charge in [-0.2, -0.15) is 31.4 Å². The lowest BCUT2D eigenvalue weighted by molar-refractivity contribution is -0.142. The van der Waals surface area contributed by atoms with E-state index in [9.17, 15) is 31.1 Å². The molecule has 1 aliphatic rings. The molecule has 0 fully saturated rings. The Morgan fingerprint density at radius 2 is 1.82 bits per heavy atom. The lowest BCUT2D eigenvalue weighted by Gasteiger charge is -2.25. The predicted molar refractivity (Wildman–Crippen MR) is 102 cm³/mol. The van der Waals surface area contributed by atoms with Crippen molar-refractivity contribution in [3.63, 3.8) is 0 Å². The van der Waals surface area contributed by atoms with Gasteiger partial charge in [0.1, 0.15) is 11.4 Å². The number of hydrogen-bond donors (Lipinski definition) is 1. The van der Waals surface area contributed by atoms with Crippen LogP contribution < -0.4 is 5.32 Å². The number of pyridine rings is 1. The fourth-order valence-electron chi connectivity index (χ4n) is 3.60. The van der Waals surface area contributed by atoms with Crippen molar-refractivity contribution in [3.05, 3.63) is 58.9 Å². The van der Waals surface area contributed by atoms with E-state index < -0.39 is 35.7 Å². The summed E-state index contributed by atoms with van der Waals surface area (Å²) in [5, 5.41) is 5.99. The van der Waals surface area contributed by atoms with Crippen LogP contribution in [0.3, 0.4) is 0 Å². The normalized spacial score (nSPS) is 16.4. The lowest BCUT2D eigenvalue weighted by Crippen LogP contribution is -2.33. The van der Waals surface area contributed by atoms with Gasteiger partial charge in [0.05, 0.1) is 11.7 Å². The van der Waals surface area contributed by atoms with Crippen LogP contribution in [0.25, 0.3) is 11.4 Å². The Balaban J connectivity index is 1.63. The molecule has 3 aromatic heterocycles. The third-order valence-corrected chi connectivity index (χ3v) is 5.18. The number of hydrogen-bond acceptors (Lipinski definition) is 5. The van der Waals surface area contributed by atoms with Crippen molar-refractivity contribution in [2.45, 2.75) is 37.7 Å².